The molecule has 0 unspecified atom stereocenters. The summed E-state index contributed by atoms with van der Waals surface area (Å²) >= 11 is 7.99. The van der Waals surface area contributed by atoms with Gasteiger partial charge in [0.2, 0.25) is 0 Å². The van der Waals surface area contributed by atoms with Crippen LogP contribution in [0.2, 0.25) is 5.02 Å². The van der Waals surface area contributed by atoms with Crippen molar-refractivity contribution in [2.75, 3.05) is 26.0 Å². The Bertz CT molecular complexity index is 1890. The van der Waals surface area contributed by atoms with Crippen LogP contribution in [0.25, 0.3) is 28.0 Å². The number of thioether (sulfide) groups is 1. The van der Waals surface area contributed by atoms with Crippen molar-refractivity contribution in [1.82, 2.24) is 19.4 Å². The second kappa shape index (κ2) is 16.4. The standard InChI is InChI=1S/C38H48ClF2N7OS/c1-23(42)44-16-14-27-7-4-9-34(47(27)17-5-15-40)29-13-12-28(21-35(29)50-2)48-22-26-20-33(45-37(26)46-38(48)49)30-18-24(19-31(39)36(30)41)6-3-8-32(43)25-10-11-25/h12-13,18-22,25,27,32,34H,3-11,14-17,43H2,1-2H3,(H2,42,44)(H,45,46,49)/t27-,32+,34-/m0/s1. The average Bonchev–Trinajstić information content (AvgIpc) is 3.88. The quantitative estimate of drug-likeness (QED) is 0.0651. The summed E-state index contributed by atoms with van der Waals surface area (Å²) < 4.78 is 30.3. The van der Waals surface area contributed by atoms with Crippen LogP contribution in [-0.4, -0.2) is 63.4 Å². The van der Waals surface area contributed by atoms with Crippen LogP contribution in [0, 0.1) is 11.7 Å². The van der Waals surface area contributed by atoms with E-state index in [-0.39, 0.29) is 23.8 Å². The van der Waals surface area contributed by atoms with Gasteiger partial charge in [-0.3, -0.25) is 18.8 Å². The number of aryl methyl sites for hydroxylation is 1. The van der Waals surface area contributed by atoms with Gasteiger partial charge >= 0.3 is 5.69 Å². The van der Waals surface area contributed by atoms with Gasteiger partial charge in [-0.25, -0.2) is 9.18 Å². The van der Waals surface area contributed by atoms with Crippen molar-refractivity contribution >= 4 is 40.2 Å². The lowest BCUT2D eigenvalue weighted by Crippen LogP contribution is -2.43. The third kappa shape index (κ3) is 8.44. The number of hydrogen-bond donors (Lipinski definition) is 3. The summed E-state index contributed by atoms with van der Waals surface area (Å²) in [6.07, 6.45) is 13.2. The normalized spacial score (nSPS) is 19.4. The number of fused-ring (bicyclic) bond motifs is 1. The molecule has 2 aromatic heterocycles. The minimum atomic E-state index is -0.514. The van der Waals surface area contributed by atoms with Crippen molar-refractivity contribution in [1.29, 1.82) is 0 Å². The second-order valence-corrected chi connectivity index (χ2v) is 15.1. The molecule has 0 bridgehead atoms. The fourth-order valence-electron chi connectivity index (χ4n) is 7.48. The number of piperidine rings is 1. The Morgan fingerprint density at radius 3 is 2.74 bits per heavy atom. The molecule has 3 heterocycles. The zero-order valence-corrected chi connectivity index (χ0v) is 30.5. The number of aliphatic imine (C=N–C) groups is 1. The second-order valence-electron chi connectivity index (χ2n) is 13.8. The van der Waals surface area contributed by atoms with Gasteiger partial charge in [0.05, 0.1) is 28.9 Å². The predicted molar refractivity (Wildman–Crippen MR) is 202 cm³/mol. The topological polar surface area (TPSA) is 118 Å². The Morgan fingerprint density at radius 1 is 1.18 bits per heavy atom. The number of rotatable bonds is 15. The molecular formula is C38H48ClF2N7OS. The molecule has 5 N–H and O–H groups in total. The first kappa shape index (κ1) is 36.5. The van der Waals surface area contributed by atoms with Crippen LogP contribution in [0.4, 0.5) is 8.78 Å². The Morgan fingerprint density at radius 2 is 2.00 bits per heavy atom. The van der Waals surface area contributed by atoms with Crippen molar-refractivity contribution in [3.05, 3.63) is 75.0 Å². The molecule has 1 saturated heterocycles. The van der Waals surface area contributed by atoms with Gasteiger partial charge < -0.3 is 16.5 Å². The highest BCUT2D eigenvalue weighted by molar-refractivity contribution is 7.98. The zero-order chi connectivity index (χ0) is 35.4. The summed E-state index contributed by atoms with van der Waals surface area (Å²) in [5.41, 5.74) is 15.7. The van der Waals surface area contributed by atoms with E-state index in [1.807, 2.05) is 30.5 Å². The molecule has 2 fully saturated rings. The van der Waals surface area contributed by atoms with Crippen LogP contribution in [-0.2, 0) is 6.42 Å². The summed E-state index contributed by atoms with van der Waals surface area (Å²) in [5, 5.41) is 0.736. The average molecular weight is 724 g/mol. The summed E-state index contributed by atoms with van der Waals surface area (Å²) in [6, 6.07) is 12.0. The maximum absolute atomic E-state index is 15.4. The molecule has 50 heavy (non-hydrogen) atoms. The van der Waals surface area contributed by atoms with Crippen LogP contribution >= 0.6 is 23.4 Å². The molecule has 12 heteroatoms. The number of amidine groups is 1. The Hall–Kier alpha value is -3.25. The van der Waals surface area contributed by atoms with E-state index in [0.717, 1.165) is 55.4 Å². The van der Waals surface area contributed by atoms with E-state index in [4.69, 9.17) is 23.1 Å². The minimum Gasteiger partial charge on any atom is -0.388 e. The molecule has 268 valence electrons. The number of hydrogen-bond acceptors (Lipinski definition) is 6. The first-order valence-corrected chi connectivity index (χ1v) is 19.4. The van der Waals surface area contributed by atoms with E-state index in [0.29, 0.717) is 65.3 Å². The first-order chi connectivity index (χ1) is 24.2. The van der Waals surface area contributed by atoms with Crippen LogP contribution < -0.4 is 17.2 Å². The lowest BCUT2D eigenvalue weighted by Gasteiger charge is -2.43. The molecule has 1 aliphatic heterocycles. The third-order valence-electron chi connectivity index (χ3n) is 10.2. The van der Waals surface area contributed by atoms with Gasteiger partial charge in [-0.2, -0.15) is 4.98 Å². The van der Waals surface area contributed by atoms with Crippen LogP contribution in [0.1, 0.15) is 81.9 Å². The van der Waals surface area contributed by atoms with Gasteiger partial charge in [0, 0.05) is 53.3 Å². The lowest BCUT2D eigenvalue weighted by atomic mass is 9.89. The monoisotopic (exact) mass is 723 g/mol. The third-order valence-corrected chi connectivity index (χ3v) is 11.3. The highest BCUT2D eigenvalue weighted by Crippen LogP contribution is 2.40. The number of nitrogens with one attached hydrogen (secondary N) is 1. The smallest absolute Gasteiger partial charge is 0.354 e. The Labute approximate surface area is 302 Å². The largest absolute Gasteiger partial charge is 0.388 e. The van der Waals surface area contributed by atoms with E-state index in [9.17, 15) is 9.18 Å². The molecule has 2 aliphatic rings. The molecule has 6 rings (SSSR count). The maximum Gasteiger partial charge on any atom is 0.354 e. The van der Waals surface area contributed by atoms with Gasteiger partial charge in [-0.15, -0.1) is 11.8 Å². The molecule has 1 aliphatic carbocycles. The van der Waals surface area contributed by atoms with Crippen LogP contribution in [0.15, 0.2) is 57.3 Å². The number of alkyl halides is 1. The lowest BCUT2D eigenvalue weighted by molar-refractivity contribution is 0.0735. The molecule has 4 aromatic rings. The summed E-state index contributed by atoms with van der Waals surface area (Å²) in [6.45, 7) is 2.77. The van der Waals surface area contributed by atoms with Crippen LogP contribution in [0.5, 0.6) is 0 Å². The summed E-state index contributed by atoms with van der Waals surface area (Å²) in [7, 11) is 0. The van der Waals surface area contributed by atoms with Gasteiger partial charge in [-0.1, -0.05) is 17.7 Å². The number of nitrogens with two attached hydrogens (primary N) is 2. The number of halogens is 3. The Balaban J connectivity index is 1.26. The van der Waals surface area contributed by atoms with Gasteiger partial charge in [0.15, 0.2) is 5.82 Å². The zero-order valence-electron chi connectivity index (χ0n) is 28.9. The van der Waals surface area contributed by atoms with Gasteiger partial charge in [0.25, 0.3) is 0 Å². The van der Waals surface area contributed by atoms with Crippen molar-refractivity contribution in [3.63, 3.8) is 0 Å². The molecule has 0 radical (unpaired) electrons. The first-order valence-electron chi connectivity index (χ1n) is 17.8. The van der Waals surface area contributed by atoms with E-state index in [2.05, 4.69) is 25.9 Å². The highest BCUT2D eigenvalue weighted by Gasteiger charge is 2.32. The van der Waals surface area contributed by atoms with E-state index < -0.39 is 11.5 Å². The predicted octanol–water partition coefficient (Wildman–Crippen LogP) is 7.98. The number of benzene rings is 2. The Kier molecular flexibility index (Phi) is 12.0. The molecule has 3 atom stereocenters. The number of aromatic nitrogens is 3. The van der Waals surface area contributed by atoms with Gasteiger partial charge in [-0.05, 0) is 125 Å². The number of likely N-dealkylation sites (tertiary alicyclic amines) is 1. The number of nitrogens with zero attached hydrogens (tertiary/aromatic N) is 4. The number of H-pyrrole nitrogens is 1. The summed E-state index contributed by atoms with van der Waals surface area (Å²) in [5.74, 6) is 0.707. The number of aromatic amines is 1. The molecule has 0 amide bonds. The van der Waals surface area contributed by atoms with Crippen molar-refractivity contribution in [3.8, 4) is 16.9 Å². The van der Waals surface area contributed by atoms with Crippen LogP contribution in [0.3, 0.4) is 0 Å². The fraction of sp³-hybridized carbons (Fsp3) is 0.500. The minimum absolute atomic E-state index is 0.0616. The molecule has 1 saturated carbocycles. The highest BCUT2D eigenvalue weighted by atomic mass is 35.5. The fourth-order valence-corrected chi connectivity index (χ4v) is 8.41. The molecule has 8 nitrogen and oxygen atoms in total. The molecule has 0 spiro atoms. The maximum atomic E-state index is 15.4. The van der Waals surface area contributed by atoms with Gasteiger partial charge in [0.1, 0.15) is 5.65 Å². The van der Waals surface area contributed by atoms with E-state index in [1.165, 1.54) is 23.0 Å². The molecular weight excluding hydrogens is 676 g/mol. The van der Waals surface area contributed by atoms with Crippen molar-refractivity contribution < 1.29 is 8.78 Å². The molecule has 2 aromatic carbocycles. The van der Waals surface area contributed by atoms with E-state index in [1.54, 1.807) is 30.9 Å². The van der Waals surface area contributed by atoms with Crippen molar-refractivity contribution in [2.45, 2.75) is 94.2 Å². The summed E-state index contributed by atoms with van der Waals surface area (Å²) in [4.78, 5) is 28.8. The van der Waals surface area contributed by atoms with Crippen molar-refractivity contribution in [2.24, 2.45) is 22.4 Å². The SMILES string of the molecule is CSc1cc(-n2cc3cc(-c4cc(CCC[C@@H](N)C5CC5)cc(Cl)c4F)[nH]c3nc2=O)ccc1[C@@H]1CCC[C@@H](CCN=C(C)N)N1CCCF. The van der Waals surface area contributed by atoms with E-state index >= 15 is 4.39 Å².